The molecule has 0 bridgehead atoms. The maximum atomic E-state index is 5.45. The molecule has 4 rings (SSSR count). The molecule has 0 saturated carbocycles. The average molecular weight is 822 g/mol. The summed E-state index contributed by atoms with van der Waals surface area (Å²) < 4.78 is 5.45. The maximum absolute atomic E-state index is 5.45. The van der Waals surface area contributed by atoms with E-state index in [1.165, 1.54) is 21.5 Å². The molecule has 0 radical (unpaired) electrons. The molecule has 148 valence electrons. The van der Waals surface area contributed by atoms with Gasteiger partial charge in [-0.05, 0) is 19.1 Å². The first-order chi connectivity index (χ1) is 14.7. The summed E-state index contributed by atoms with van der Waals surface area (Å²) >= 11 is 4.85. The summed E-state index contributed by atoms with van der Waals surface area (Å²) in [6, 6.07) is 40.7. The first-order valence-electron chi connectivity index (χ1n) is 9.68. The predicted octanol–water partition coefficient (Wildman–Crippen LogP) is 7.57. The van der Waals surface area contributed by atoms with Crippen LogP contribution in [0.2, 0.25) is 0 Å². The van der Waals surface area contributed by atoms with Crippen molar-refractivity contribution in [2.45, 2.75) is 6.92 Å². The SMILES string of the molecule is Cc1ccc(N=P(c2ccccc2)(c2ccccc2)c2ccccc2)cc1.[I][Hg][I]. The quantitative estimate of drug-likeness (QED) is 0.115. The van der Waals surface area contributed by atoms with E-state index in [9.17, 15) is 0 Å². The average Bonchev–Trinajstić information content (AvgIpc) is 2.81. The van der Waals surface area contributed by atoms with Gasteiger partial charge >= 0.3 is 51.2 Å². The molecule has 1 nitrogen and oxygen atoms in total. The van der Waals surface area contributed by atoms with Crippen LogP contribution >= 0.6 is 42.4 Å². The number of aryl methyl sites for hydroxylation is 1. The van der Waals surface area contributed by atoms with Crippen molar-refractivity contribution in [3.63, 3.8) is 0 Å². The summed E-state index contributed by atoms with van der Waals surface area (Å²) in [5.74, 6) is 0. The minimum absolute atomic E-state index is 0.143. The van der Waals surface area contributed by atoms with Crippen molar-refractivity contribution in [3.8, 4) is 0 Å². The number of hydrogen-bond acceptors (Lipinski definition) is 1. The van der Waals surface area contributed by atoms with Gasteiger partial charge in [-0.25, -0.2) is 0 Å². The molecule has 0 amide bonds. The van der Waals surface area contributed by atoms with E-state index in [1.807, 2.05) is 0 Å². The van der Waals surface area contributed by atoms with Crippen LogP contribution in [0.5, 0.6) is 0 Å². The molecule has 0 aliphatic rings. The van der Waals surface area contributed by atoms with Gasteiger partial charge < -0.3 is 0 Å². The summed E-state index contributed by atoms with van der Waals surface area (Å²) in [7, 11) is -2.17. The molecule has 4 aromatic carbocycles. The van der Waals surface area contributed by atoms with Gasteiger partial charge in [0, 0.05) is 15.9 Å². The minimum atomic E-state index is -2.17. The third-order valence-corrected chi connectivity index (χ3v) is 8.36. The summed E-state index contributed by atoms with van der Waals surface area (Å²) in [5, 5.41) is 3.80. The Bertz CT molecular complexity index is 983. The zero-order chi connectivity index (χ0) is 21.2. The van der Waals surface area contributed by atoms with Gasteiger partial charge in [-0.15, -0.1) is 0 Å². The fraction of sp³-hybridized carbons (Fsp3) is 0.0400. The van der Waals surface area contributed by atoms with Gasteiger partial charge in [-0.1, -0.05) is 109 Å². The number of halogens is 2. The van der Waals surface area contributed by atoms with Crippen LogP contribution in [0.15, 0.2) is 120 Å². The monoisotopic (exact) mass is 823 g/mol. The number of nitrogens with zero attached hydrogens (tertiary/aromatic N) is 1. The molecule has 0 aromatic heterocycles. The molecule has 0 heterocycles. The first-order valence-corrected chi connectivity index (χ1v) is 42.4. The molecule has 0 saturated heterocycles. The van der Waals surface area contributed by atoms with E-state index in [-0.39, 0.29) is 15.9 Å². The van der Waals surface area contributed by atoms with Crippen molar-refractivity contribution in [1.82, 2.24) is 0 Å². The van der Waals surface area contributed by atoms with Gasteiger partial charge in [-0.3, -0.25) is 4.74 Å². The van der Waals surface area contributed by atoms with Gasteiger partial charge in [0.15, 0.2) is 0 Å². The Balaban J connectivity index is 0.000000806. The van der Waals surface area contributed by atoms with Crippen LogP contribution < -0.4 is 15.9 Å². The van der Waals surface area contributed by atoms with Crippen molar-refractivity contribution in [2.24, 2.45) is 4.74 Å². The second-order valence-electron chi connectivity index (χ2n) is 6.68. The van der Waals surface area contributed by atoms with Gasteiger partial charge in [-0.2, -0.15) is 0 Å². The van der Waals surface area contributed by atoms with E-state index in [1.54, 1.807) is 0 Å². The molecule has 0 aliphatic heterocycles. The van der Waals surface area contributed by atoms with Crippen LogP contribution in [0.4, 0.5) is 5.69 Å². The van der Waals surface area contributed by atoms with Crippen molar-refractivity contribution in [1.29, 1.82) is 0 Å². The number of benzene rings is 4. The van der Waals surface area contributed by atoms with Crippen molar-refractivity contribution in [3.05, 3.63) is 121 Å². The van der Waals surface area contributed by atoms with Gasteiger partial charge in [0.2, 0.25) is 0 Å². The summed E-state index contributed by atoms with van der Waals surface area (Å²) in [6.07, 6.45) is 0. The molecule has 0 aliphatic carbocycles. The Kier molecular flexibility index (Phi) is 10.1. The zero-order valence-corrected chi connectivity index (χ0v) is 27.5. The van der Waals surface area contributed by atoms with E-state index in [0.717, 1.165) is 5.69 Å². The molecule has 0 N–H and O–H groups in total. The summed E-state index contributed by atoms with van der Waals surface area (Å²) in [4.78, 5) is 0. The molecule has 4 aromatic rings. The van der Waals surface area contributed by atoms with E-state index in [4.69, 9.17) is 4.74 Å². The van der Waals surface area contributed by atoms with Crippen molar-refractivity contribution in [2.75, 3.05) is 0 Å². The number of rotatable bonds is 4. The normalized spacial score (nSPS) is 10.4. The van der Waals surface area contributed by atoms with E-state index >= 15 is 0 Å². The van der Waals surface area contributed by atoms with Gasteiger partial charge in [0.05, 0.1) is 12.7 Å². The Morgan fingerprint density at radius 1 is 0.567 bits per heavy atom. The standard InChI is InChI=1S/C25H22NP.Hg.2HI/c1-21-17-19-22(20-18-21)26-27(23-11-5-2-6-12-23,24-13-7-3-8-14-24)25-15-9-4-10-16-25;;;/h2-20H,1H3;;2*1H/q;+2;;/p-2. The van der Waals surface area contributed by atoms with Crippen LogP contribution in [-0.2, 0) is 15.9 Å². The number of hydrogen-bond donors (Lipinski definition) is 0. The van der Waals surface area contributed by atoms with Gasteiger partial charge in [0.1, 0.15) is 0 Å². The fourth-order valence-corrected chi connectivity index (χ4v) is 6.87. The Morgan fingerprint density at radius 3 is 1.23 bits per heavy atom. The van der Waals surface area contributed by atoms with E-state index < -0.39 is 7.05 Å². The van der Waals surface area contributed by atoms with E-state index in [2.05, 4.69) is 158 Å². The molecule has 5 heteroatoms. The Labute approximate surface area is 210 Å². The summed E-state index contributed by atoms with van der Waals surface area (Å²) in [6.45, 7) is 2.11. The Morgan fingerprint density at radius 2 is 0.900 bits per heavy atom. The van der Waals surface area contributed by atoms with Crippen LogP contribution in [0.25, 0.3) is 0 Å². The van der Waals surface area contributed by atoms with E-state index in [0.29, 0.717) is 0 Å². The van der Waals surface area contributed by atoms with Crippen LogP contribution in [0.1, 0.15) is 5.56 Å². The molecular formula is C25H22HgI2NP. The van der Waals surface area contributed by atoms with Crippen molar-refractivity contribution >= 4 is 64.0 Å². The third-order valence-electron chi connectivity index (χ3n) is 4.69. The second-order valence-corrected chi connectivity index (χ2v) is 49.5. The third kappa shape index (κ3) is 6.05. The predicted molar refractivity (Wildman–Crippen MR) is 146 cm³/mol. The molecule has 0 unspecified atom stereocenters. The van der Waals surface area contributed by atoms with Crippen LogP contribution in [0.3, 0.4) is 0 Å². The van der Waals surface area contributed by atoms with Crippen LogP contribution in [0, 0.1) is 6.92 Å². The second kappa shape index (κ2) is 12.5. The fourth-order valence-electron chi connectivity index (χ4n) is 3.34. The molecule has 0 fully saturated rings. The first kappa shape index (κ1) is 24.2. The molecular weight excluding hydrogens is 800 g/mol. The topological polar surface area (TPSA) is 12.4 Å². The molecule has 30 heavy (non-hydrogen) atoms. The Hall–Kier alpha value is -0.495. The van der Waals surface area contributed by atoms with Crippen molar-refractivity contribution < 1.29 is 15.9 Å². The zero-order valence-electron chi connectivity index (χ0n) is 16.8. The van der Waals surface area contributed by atoms with Crippen LogP contribution in [-0.4, -0.2) is 0 Å². The molecule has 0 spiro atoms. The van der Waals surface area contributed by atoms with Gasteiger partial charge in [0.25, 0.3) is 0 Å². The summed E-state index contributed by atoms with van der Waals surface area (Å²) in [5.41, 5.74) is 2.27. The molecule has 0 atom stereocenters.